The van der Waals surface area contributed by atoms with Crippen molar-refractivity contribution in [3.8, 4) is 5.75 Å². The Hall–Kier alpha value is -2.80. The van der Waals surface area contributed by atoms with E-state index in [2.05, 4.69) is 16.6 Å². The second-order valence-electron chi connectivity index (χ2n) is 5.10. The molecule has 0 radical (unpaired) electrons. The molecular weight excluding hydrogens is 349 g/mol. The zero-order valence-corrected chi connectivity index (χ0v) is 14.7. The van der Waals surface area contributed by atoms with E-state index < -0.39 is 11.8 Å². The molecule has 0 amide bonds. The highest BCUT2D eigenvalue weighted by atomic mass is 35.5. The number of aromatic amines is 1. The smallest absolute Gasteiger partial charge is 0.357 e. The minimum absolute atomic E-state index is 0.00660. The Morgan fingerprint density at radius 2 is 2.08 bits per heavy atom. The van der Waals surface area contributed by atoms with E-state index in [0.717, 1.165) is 0 Å². The van der Waals surface area contributed by atoms with Crippen LogP contribution in [0.15, 0.2) is 29.9 Å². The maximum absolute atomic E-state index is 14.5. The molecule has 2 rings (SSSR count). The number of esters is 1. The number of benzene rings is 1. The summed E-state index contributed by atoms with van der Waals surface area (Å²) in [6, 6.07) is 2.85. The minimum atomic E-state index is -0.730. The number of nitrogens with zero attached hydrogens (tertiary/aromatic N) is 1. The highest BCUT2D eigenvalue weighted by molar-refractivity contribution is 6.45. The van der Waals surface area contributed by atoms with Crippen LogP contribution in [-0.4, -0.2) is 30.9 Å². The summed E-state index contributed by atoms with van der Waals surface area (Å²) in [5, 5.41) is 0.111. The number of carbonyl (C=O) groups is 1. The number of rotatable bonds is 5. The number of aromatic nitrogens is 1. The molecule has 2 aromatic rings. The summed E-state index contributed by atoms with van der Waals surface area (Å²) in [6.45, 7) is 5.48. The number of halogens is 2. The molecule has 0 bridgehead atoms. The van der Waals surface area contributed by atoms with Crippen LogP contribution in [0.5, 0.6) is 5.75 Å². The van der Waals surface area contributed by atoms with E-state index >= 15 is 0 Å². The van der Waals surface area contributed by atoms with Crippen LogP contribution in [0, 0.1) is 12.7 Å². The highest BCUT2D eigenvalue weighted by Gasteiger charge is 2.23. The van der Waals surface area contributed by atoms with Gasteiger partial charge in [0, 0.05) is 11.8 Å². The minimum Gasteiger partial charge on any atom is -0.492 e. The van der Waals surface area contributed by atoms with Crippen LogP contribution in [0.3, 0.4) is 0 Å². The van der Waals surface area contributed by atoms with Crippen LogP contribution in [0.4, 0.5) is 10.2 Å². The average Bonchev–Trinajstić information content (AvgIpc) is 2.91. The average molecular weight is 366 g/mol. The molecule has 6 nitrogen and oxygen atoms in total. The molecule has 0 aliphatic heterocycles. The van der Waals surface area contributed by atoms with Gasteiger partial charge >= 0.3 is 5.97 Å². The number of hydrogen-bond acceptors (Lipinski definition) is 5. The monoisotopic (exact) mass is 365 g/mol. The number of nitrogens with two attached hydrogens (primary N) is 1. The number of nitrogen functional groups attached to an aromatic ring is 1. The molecule has 3 N–H and O–H groups in total. The fourth-order valence-corrected chi connectivity index (χ4v) is 2.52. The van der Waals surface area contributed by atoms with Gasteiger partial charge in [-0.15, -0.1) is 0 Å². The first kappa shape index (κ1) is 18.5. The first-order valence-corrected chi connectivity index (χ1v) is 7.51. The third-order valence-corrected chi connectivity index (χ3v) is 3.83. The predicted octanol–water partition coefficient (Wildman–Crippen LogP) is 3.34. The summed E-state index contributed by atoms with van der Waals surface area (Å²) in [5.74, 6) is -1.35. The number of anilines is 1. The van der Waals surface area contributed by atoms with Crippen LogP contribution in [0.1, 0.15) is 16.7 Å². The maximum Gasteiger partial charge on any atom is 0.357 e. The molecule has 8 heteroatoms. The molecule has 1 heterocycles. The third-order valence-electron chi connectivity index (χ3n) is 3.53. The second-order valence-corrected chi connectivity index (χ2v) is 5.51. The van der Waals surface area contributed by atoms with E-state index in [0.29, 0.717) is 11.1 Å². The van der Waals surface area contributed by atoms with E-state index in [9.17, 15) is 9.18 Å². The first-order valence-electron chi connectivity index (χ1n) is 7.13. The Morgan fingerprint density at radius 3 is 2.60 bits per heavy atom. The topological polar surface area (TPSA) is 89.7 Å². The Labute approximate surface area is 149 Å². The Morgan fingerprint density at radius 1 is 1.40 bits per heavy atom. The van der Waals surface area contributed by atoms with E-state index in [1.807, 2.05) is 0 Å². The summed E-state index contributed by atoms with van der Waals surface area (Å²) in [6.07, 6.45) is 1.62. The van der Waals surface area contributed by atoms with Crippen molar-refractivity contribution < 1.29 is 18.7 Å². The molecule has 1 aromatic heterocycles. The summed E-state index contributed by atoms with van der Waals surface area (Å²) in [7, 11) is 2.51. The Bertz CT molecular complexity index is 855. The predicted molar refractivity (Wildman–Crippen MR) is 95.5 cm³/mol. The van der Waals surface area contributed by atoms with E-state index in [1.165, 1.54) is 26.4 Å². The van der Waals surface area contributed by atoms with Gasteiger partial charge in [-0.05, 0) is 24.6 Å². The number of hydrogen-bond donors (Lipinski definition) is 2. The quantitative estimate of drug-likeness (QED) is 0.628. The lowest BCUT2D eigenvalue weighted by Crippen LogP contribution is -2.19. The van der Waals surface area contributed by atoms with E-state index in [-0.39, 0.29) is 33.6 Å². The molecule has 0 aliphatic carbocycles. The second kappa shape index (κ2) is 7.40. The fraction of sp³-hybridized carbons (Fsp3) is 0.176. The first-order chi connectivity index (χ1) is 11.8. The van der Waals surface area contributed by atoms with Gasteiger partial charge in [0.05, 0.1) is 30.5 Å². The summed E-state index contributed by atoms with van der Waals surface area (Å²) in [4.78, 5) is 19.1. The molecule has 0 saturated carbocycles. The normalized spacial score (nSPS) is 11.3. The lowest BCUT2D eigenvalue weighted by Gasteiger charge is -2.11. The summed E-state index contributed by atoms with van der Waals surface area (Å²) >= 11 is 5.88. The van der Waals surface area contributed by atoms with Crippen molar-refractivity contribution in [2.75, 3.05) is 20.0 Å². The molecule has 0 spiro atoms. The number of ether oxygens (including phenoxy) is 2. The van der Waals surface area contributed by atoms with Gasteiger partial charge in [-0.2, -0.15) is 0 Å². The van der Waals surface area contributed by atoms with E-state index in [4.69, 9.17) is 26.8 Å². The summed E-state index contributed by atoms with van der Waals surface area (Å²) in [5.41, 5.74) is 6.86. The number of H-pyrrole nitrogens is 1. The number of nitrogens with one attached hydrogen (secondary N) is 1. The van der Waals surface area contributed by atoms with Crippen LogP contribution in [-0.2, 0) is 9.53 Å². The lowest BCUT2D eigenvalue weighted by atomic mass is 10.1. The van der Waals surface area contributed by atoms with Crippen molar-refractivity contribution in [2.24, 2.45) is 4.99 Å². The lowest BCUT2D eigenvalue weighted by molar-refractivity contribution is -0.132. The number of methoxy groups -OCH3 is 2. The van der Waals surface area contributed by atoms with Crippen LogP contribution >= 0.6 is 11.6 Å². The summed E-state index contributed by atoms with van der Waals surface area (Å²) < 4.78 is 24.2. The van der Waals surface area contributed by atoms with Gasteiger partial charge in [-0.3, -0.25) is 0 Å². The Balaban J connectivity index is 2.58. The van der Waals surface area contributed by atoms with Crippen molar-refractivity contribution in [3.05, 3.63) is 52.4 Å². The molecule has 1 aromatic carbocycles. The van der Waals surface area contributed by atoms with Gasteiger partial charge in [0.2, 0.25) is 0 Å². The fourth-order valence-electron chi connectivity index (χ4n) is 2.30. The van der Waals surface area contributed by atoms with Gasteiger partial charge in [0.1, 0.15) is 5.82 Å². The zero-order chi connectivity index (χ0) is 18.7. The van der Waals surface area contributed by atoms with Crippen molar-refractivity contribution in [2.45, 2.75) is 6.92 Å². The van der Waals surface area contributed by atoms with Crippen molar-refractivity contribution in [3.63, 3.8) is 0 Å². The van der Waals surface area contributed by atoms with Gasteiger partial charge in [0.15, 0.2) is 17.3 Å². The molecule has 25 heavy (non-hydrogen) atoms. The third kappa shape index (κ3) is 3.51. The molecule has 0 saturated heterocycles. The van der Waals surface area contributed by atoms with Gasteiger partial charge in [0.25, 0.3) is 0 Å². The number of aliphatic imine (C=N–C) groups is 1. The number of carbonyl (C=O) groups excluding carboxylic acids is 1. The molecule has 0 atom stereocenters. The van der Waals surface area contributed by atoms with Crippen LogP contribution < -0.4 is 10.5 Å². The maximum atomic E-state index is 14.5. The molecule has 0 aliphatic rings. The van der Waals surface area contributed by atoms with Gasteiger partial charge in [-0.1, -0.05) is 18.2 Å². The SMILES string of the molecule is C=C(/N=C(/C(=O)OC)c1c(C)c[nH]c1N)c1ccc(Cl)c(OC)c1F. The molecule has 0 fully saturated rings. The van der Waals surface area contributed by atoms with Crippen molar-refractivity contribution in [1.82, 2.24) is 4.98 Å². The zero-order valence-electron chi connectivity index (χ0n) is 13.9. The van der Waals surface area contributed by atoms with E-state index in [1.54, 1.807) is 13.1 Å². The number of aryl methyl sites for hydroxylation is 1. The largest absolute Gasteiger partial charge is 0.492 e. The van der Waals surface area contributed by atoms with Gasteiger partial charge in [-0.25, -0.2) is 14.2 Å². The van der Waals surface area contributed by atoms with Crippen molar-refractivity contribution >= 4 is 34.8 Å². The molecule has 0 unspecified atom stereocenters. The molecular formula is C17H17ClFN3O3. The standard InChI is InChI=1S/C17H17ClFN3O3/c1-8-7-21-16(20)12(8)14(17(23)25-4)22-9(2)10-5-6-11(18)15(24-3)13(10)19/h5-7,21H,2,20H2,1,3-4H3/b22-14+. The Kier molecular flexibility index (Phi) is 5.48. The highest BCUT2D eigenvalue weighted by Crippen LogP contribution is 2.33. The van der Waals surface area contributed by atoms with Crippen LogP contribution in [0.25, 0.3) is 5.70 Å². The van der Waals surface area contributed by atoms with Crippen molar-refractivity contribution in [1.29, 1.82) is 0 Å². The van der Waals surface area contributed by atoms with Crippen LogP contribution in [0.2, 0.25) is 5.02 Å². The molecule has 132 valence electrons. The van der Waals surface area contributed by atoms with Gasteiger partial charge < -0.3 is 20.2 Å².